The Morgan fingerprint density at radius 2 is 1.60 bits per heavy atom. The normalized spacial score (nSPS) is 16.7. The zero-order valence-corrected chi connectivity index (χ0v) is 14.4. The molecule has 0 radical (unpaired) electrons. The van der Waals surface area contributed by atoms with E-state index in [1.54, 1.807) is 0 Å². The first-order valence-corrected chi connectivity index (χ1v) is 7.94. The number of rotatable bonds is 1. The van der Waals surface area contributed by atoms with Crippen molar-refractivity contribution in [3.8, 4) is 0 Å². The maximum Gasteiger partial charge on any atom is 0.178 e. The highest BCUT2D eigenvalue weighted by atomic mass is 32.2. The standard InChI is InChI=1S/C15H20O2S.C2H6/c1-8-10(3)15(4,5)18-12-7-6-11(14(16)17)9(2)13(8)12;1-2/h6-7,14,16-17H,1-5H3;1-2H3. The molecule has 2 rings (SSSR count). The van der Waals surface area contributed by atoms with Crippen LogP contribution in [-0.4, -0.2) is 15.0 Å². The van der Waals surface area contributed by atoms with Crippen LogP contribution in [0.4, 0.5) is 0 Å². The Morgan fingerprint density at radius 1 is 1.05 bits per heavy atom. The monoisotopic (exact) mass is 294 g/mol. The van der Waals surface area contributed by atoms with Crippen molar-refractivity contribution < 1.29 is 10.2 Å². The SMILES string of the molecule is CC.CC1=C(C)C(C)(C)Sc2ccc(C(O)O)c(C)c21. The molecule has 0 saturated heterocycles. The first-order valence-electron chi connectivity index (χ1n) is 7.12. The predicted molar refractivity (Wildman–Crippen MR) is 87.9 cm³/mol. The average molecular weight is 294 g/mol. The molecule has 0 aromatic heterocycles. The van der Waals surface area contributed by atoms with Crippen LogP contribution in [0.25, 0.3) is 5.57 Å². The molecule has 3 heteroatoms. The maximum atomic E-state index is 9.39. The van der Waals surface area contributed by atoms with E-state index in [0.717, 1.165) is 5.56 Å². The molecule has 20 heavy (non-hydrogen) atoms. The van der Waals surface area contributed by atoms with Gasteiger partial charge >= 0.3 is 0 Å². The Morgan fingerprint density at radius 3 is 2.10 bits per heavy atom. The third-order valence-electron chi connectivity index (χ3n) is 3.95. The Hall–Kier alpha value is -0.770. The first kappa shape index (κ1) is 17.3. The van der Waals surface area contributed by atoms with Gasteiger partial charge in [0.2, 0.25) is 0 Å². The van der Waals surface area contributed by atoms with E-state index in [1.165, 1.54) is 21.6 Å². The fourth-order valence-electron chi connectivity index (χ4n) is 2.52. The van der Waals surface area contributed by atoms with E-state index in [-0.39, 0.29) is 4.75 Å². The Balaban J connectivity index is 0.000000956. The number of allylic oxidation sites excluding steroid dienone is 1. The van der Waals surface area contributed by atoms with Crippen LogP contribution in [-0.2, 0) is 0 Å². The number of hydrogen-bond donors (Lipinski definition) is 2. The molecule has 1 aromatic carbocycles. The number of benzene rings is 1. The molecule has 0 bridgehead atoms. The molecule has 1 aromatic rings. The van der Waals surface area contributed by atoms with Crippen molar-refractivity contribution in [2.75, 3.05) is 0 Å². The Labute approximate surface area is 126 Å². The molecule has 0 unspecified atom stereocenters. The van der Waals surface area contributed by atoms with Gasteiger partial charge < -0.3 is 10.2 Å². The predicted octanol–water partition coefficient (Wildman–Crippen LogP) is 4.68. The van der Waals surface area contributed by atoms with Gasteiger partial charge in [-0.05, 0) is 57.4 Å². The van der Waals surface area contributed by atoms with E-state index in [2.05, 4.69) is 27.7 Å². The van der Waals surface area contributed by atoms with Crippen molar-refractivity contribution in [1.82, 2.24) is 0 Å². The minimum absolute atomic E-state index is 0.100. The third-order valence-corrected chi connectivity index (χ3v) is 5.33. The van der Waals surface area contributed by atoms with Crippen LogP contribution in [0.1, 0.15) is 64.5 Å². The summed E-state index contributed by atoms with van der Waals surface area (Å²) in [6.07, 6.45) is -1.40. The second-order valence-corrected chi connectivity index (χ2v) is 7.05. The molecular formula is C17H26O2S. The zero-order valence-electron chi connectivity index (χ0n) is 13.5. The first-order chi connectivity index (χ1) is 9.25. The molecule has 0 amide bonds. The van der Waals surface area contributed by atoms with E-state index in [4.69, 9.17) is 0 Å². The van der Waals surface area contributed by atoms with Gasteiger partial charge in [0.1, 0.15) is 0 Å². The summed E-state index contributed by atoms with van der Waals surface area (Å²) in [5.41, 5.74) is 5.35. The summed E-state index contributed by atoms with van der Waals surface area (Å²) in [7, 11) is 0. The molecule has 112 valence electrons. The van der Waals surface area contributed by atoms with Crippen molar-refractivity contribution >= 4 is 17.3 Å². The lowest BCUT2D eigenvalue weighted by Gasteiger charge is -2.34. The maximum absolute atomic E-state index is 9.39. The highest BCUT2D eigenvalue weighted by Gasteiger charge is 2.31. The lowest BCUT2D eigenvalue weighted by atomic mass is 9.89. The van der Waals surface area contributed by atoms with Crippen LogP contribution in [0.5, 0.6) is 0 Å². The van der Waals surface area contributed by atoms with Crippen molar-refractivity contribution in [2.24, 2.45) is 0 Å². The van der Waals surface area contributed by atoms with E-state index >= 15 is 0 Å². The fraction of sp³-hybridized carbons (Fsp3) is 0.529. The van der Waals surface area contributed by atoms with Crippen molar-refractivity contribution in [1.29, 1.82) is 0 Å². The van der Waals surface area contributed by atoms with E-state index < -0.39 is 6.29 Å². The number of fused-ring (bicyclic) bond motifs is 1. The lowest BCUT2D eigenvalue weighted by Crippen LogP contribution is -2.22. The summed E-state index contributed by atoms with van der Waals surface area (Å²) in [4.78, 5) is 1.23. The smallest absolute Gasteiger partial charge is 0.178 e. The average Bonchev–Trinajstić information content (AvgIpc) is 2.37. The van der Waals surface area contributed by atoms with Gasteiger partial charge in [-0.15, -0.1) is 11.8 Å². The third kappa shape index (κ3) is 2.95. The van der Waals surface area contributed by atoms with Crippen molar-refractivity contribution in [3.63, 3.8) is 0 Å². The molecule has 2 nitrogen and oxygen atoms in total. The summed E-state index contributed by atoms with van der Waals surface area (Å²) in [5.74, 6) is 0. The molecule has 2 N–H and O–H groups in total. The lowest BCUT2D eigenvalue weighted by molar-refractivity contribution is -0.0429. The van der Waals surface area contributed by atoms with Crippen LogP contribution in [0.3, 0.4) is 0 Å². The van der Waals surface area contributed by atoms with Gasteiger partial charge in [-0.2, -0.15) is 0 Å². The quantitative estimate of drug-likeness (QED) is 0.739. The topological polar surface area (TPSA) is 40.5 Å². The molecule has 1 aliphatic heterocycles. The fourth-order valence-corrected chi connectivity index (χ4v) is 3.92. The Kier molecular flexibility index (Phi) is 5.47. The summed E-state index contributed by atoms with van der Waals surface area (Å²) >= 11 is 1.84. The molecule has 0 aliphatic carbocycles. The Bertz CT molecular complexity index is 528. The second kappa shape index (κ2) is 6.33. The molecule has 0 atom stereocenters. The van der Waals surface area contributed by atoms with Gasteiger partial charge in [0.05, 0.1) is 0 Å². The van der Waals surface area contributed by atoms with E-state index in [9.17, 15) is 10.2 Å². The van der Waals surface area contributed by atoms with E-state index in [1.807, 2.05) is 44.7 Å². The van der Waals surface area contributed by atoms with Gasteiger partial charge in [-0.1, -0.05) is 25.5 Å². The number of hydrogen-bond acceptors (Lipinski definition) is 3. The molecular weight excluding hydrogens is 268 g/mol. The van der Waals surface area contributed by atoms with Crippen molar-refractivity contribution in [2.45, 2.75) is 64.4 Å². The number of thioether (sulfide) groups is 1. The molecule has 1 aliphatic rings. The van der Waals surface area contributed by atoms with Crippen LogP contribution < -0.4 is 0 Å². The van der Waals surface area contributed by atoms with Gasteiger partial charge in [0, 0.05) is 15.2 Å². The van der Waals surface area contributed by atoms with Gasteiger partial charge in [0.25, 0.3) is 0 Å². The van der Waals surface area contributed by atoms with Gasteiger partial charge in [-0.3, -0.25) is 0 Å². The molecule has 0 saturated carbocycles. The van der Waals surface area contributed by atoms with E-state index in [0.29, 0.717) is 5.56 Å². The van der Waals surface area contributed by atoms with Crippen LogP contribution in [0.2, 0.25) is 0 Å². The summed E-state index contributed by atoms with van der Waals surface area (Å²) in [6.45, 7) is 14.7. The van der Waals surface area contributed by atoms with Crippen molar-refractivity contribution in [3.05, 3.63) is 34.4 Å². The molecule has 0 fully saturated rings. The summed E-state index contributed by atoms with van der Waals surface area (Å²) in [5, 5.41) is 18.8. The largest absolute Gasteiger partial charge is 0.364 e. The molecule has 0 spiro atoms. The van der Waals surface area contributed by atoms with Crippen LogP contribution >= 0.6 is 11.8 Å². The van der Waals surface area contributed by atoms with Gasteiger partial charge in [-0.25, -0.2) is 0 Å². The zero-order chi connectivity index (χ0) is 15.7. The summed E-state index contributed by atoms with van der Waals surface area (Å²) in [6, 6.07) is 3.81. The minimum Gasteiger partial charge on any atom is -0.364 e. The number of aliphatic hydroxyl groups excluding tert-OH is 1. The summed E-state index contributed by atoms with van der Waals surface area (Å²) < 4.78 is 0.100. The highest BCUT2D eigenvalue weighted by molar-refractivity contribution is 8.01. The second-order valence-electron chi connectivity index (χ2n) is 5.39. The molecule has 1 heterocycles. The van der Waals surface area contributed by atoms with Crippen LogP contribution in [0.15, 0.2) is 22.6 Å². The highest BCUT2D eigenvalue weighted by Crippen LogP contribution is 2.49. The minimum atomic E-state index is -1.40. The number of aliphatic hydroxyl groups is 2. The van der Waals surface area contributed by atoms with Crippen LogP contribution in [0, 0.1) is 6.92 Å². The van der Waals surface area contributed by atoms with Gasteiger partial charge in [0.15, 0.2) is 6.29 Å².